The number of carbonyl (C=O) groups excluding carboxylic acids is 1. The molecule has 0 aliphatic rings. The summed E-state index contributed by atoms with van der Waals surface area (Å²) < 4.78 is 0. The van der Waals surface area contributed by atoms with Crippen molar-refractivity contribution in [3.8, 4) is 0 Å². The van der Waals surface area contributed by atoms with Crippen molar-refractivity contribution in [1.82, 2.24) is 20.3 Å². The molecule has 100 valence electrons. The second-order valence-electron chi connectivity index (χ2n) is 3.84. The Balaban J connectivity index is 1.95. The van der Waals surface area contributed by atoms with E-state index in [-0.39, 0.29) is 5.91 Å². The van der Waals surface area contributed by atoms with E-state index in [1.807, 2.05) is 0 Å². The van der Waals surface area contributed by atoms with Crippen LogP contribution in [0.15, 0.2) is 24.7 Å². The van der Waals surface area contributed by atoms with Gasteiger partial charge in [-0.15, -0.1) is 0 Å². The Hall–Kier alpha value is -2.08. The Kier molecular flexibility index (Phi) is 4.35. The molecule has 0 atom stereocenters. The maximum Gasteiger partial charge on any atom is 0.253 e. The average molecular weight is 280 g/mol. The van der Waals surface area contributed by atoms with E-state index >= 15 is 0 Å². The quantitative estimate of drug-likeness (QED) is 0.774. The van der Waals surface area contributed by atoms with Crippen molar-refractivity contribution in [3.05, 3.63) is 41.1 Å². The zero-order valence-corrected chi connectivity index (χ0v) is 11.2. The largest absolute Gasteiger partial charge is 0.373 e. The molecular weight excluding hydrogens is 266 g/mol. The Morgan fingerprint density at radius 2 is 2.32 bits per heavy atom. The summed E-state index contributed by atoms with van der Waals surface area (Å²) in [7, 11) is 1.73. The predicted molar refractivity (Wildman–Crippen MR) is 73.4 cm³/mol. The minimum atomic E-state index is -0.226. The fourth-order valence-corrected chi connectivity index (χ4v) is 1.76. The van der Waals surface area contributed by atoms with Gasteiger partial charge >= 0.3 is 0 Å². The molecule has 2 aromatic rings. The number of anilines is 1. The zero-order valence-electron chi connectivity index (χ0n) is 10.4. The van der Waals surface area contributed by atoms with E-state index in [0.29, 0.717) is 29.4 Å². The summed E-state index contributed by atoms with van der Waals surface area (Å²) in [5.74, 6) is 1.20. The van der Waals surface area contributed by atoms with Crippen LogP contribution in [0.25, 0.3) is 0 Å². The fourth-order valence-electron chi connectivity index (χ4n) is 1.57. The van der Waals surface area contributed by atoms with Crippen molar-refractivity contribution in [2.75, 3.05) is 18.9 Å². The van der Waals surface area contributed by atoms with Crippen LogP contribution in [0.5, 0.6) is 0 Å². The number of hydrogen-bond donors (Lipinski definition) is 3. The molecule has 2 aromatic heterocycles. The van der Waals surface area contributed by atoms with Crippen molar-refractivity contribution < 1.29 is 4.79 Å². The topological polar surface area (TPSA) is 82.7 Å². The van der Waals surface area contributed by atoms with Crippen LogP contribution in [0, 0.1) is 0 Å². The number of imidazole rings is 1. The molecule has 0 unspecified atom stereocenters. The molecule has 0 spiro atoms. The van der Waals surface area contributed by atoms with Gasteiger partial charge in [-0.05, 0) is 6.07 Å². The summed E-state index contributed by atoms with van der Waals surface area (Å²) >= 11 is 5.96. The Morgan fingerprint density at radius 1 is 1.47 bits per heavy atom. The van der Waals surface area contributed by atoms with Crippen LogP contribution in [0.2, 0.25) is 5.02 Å². The number of aromatic amines is 1. The summed E-state index contributed by atoms with van der Waals surface area (Å²) in [5.41, 5.74) is 0.403. The summed E-state index contributed by atoms with van der Waals surface area (Å²) in [6.45, 7) is 0.486. The van der Waals surface area contributed by atoms with Crippen LogP contribution >= 0.6 is 11.6 Å². The van der Waals surface area contributed by atoms with Gasteiger partial charge in [-0.3, -0.25) is 4.79 Å². The lowest BCUT2D eigenvalue weighted by Crippen LogP contribution is -2.26. The number of carbonyl (C=O) groups is 1. The number of hydrogen-bond acceptors (Lipinski definition) is 4. The number of aromatic nitrogens is 3. The number of pyridine rings is 1. The molecule has 7 heteroatoms. The molecule has 0 saturated heterocycles. The maximum absolute atomic E-state index is 12.0. The minimum Gasteiger partial charge on any atom is -0.373 e. The van der Waals surface area contributed by atoms with Crippen LogP contribution in [0.4, 0.5) is 5.82 Å². The lowest BCUT2D eigenvalue weighted by atomic mass is 10.2. The minimum absolute atomic E-state index is 0.226. The van der Waals surface area contributed by atoms with Gasteiger partial charge in [0.2, 0.25) is 0 Å². The number of halogens is 1. The third-order valence-electron chi connectivity index (χ3n) is 2.56. The molecule has 6 nitrogen and oxygen atoms in total. The van der Waals surface area contributed by atoms with Crippen molar-refractivity contribution in [2.24, 2.45) is 0 Å². The molecule has 0 bridgehead atoms. The van der Waals surface area contributed by atoms with Gasteiger partial charge in [0, 0.05) is 38.6 Å². The van der Waals surface area contributed by atoms with E-state index in [2.05, 4.69) is 25.6 Å². The normalized spacial score (nSPS) is 10.2. The van der Waals surface area contributed by atoms with Gasteiger partial charge in [0.05, 0.1) is 10.6 Å². The predicted octanol–water partition coefficient (Wildman–Crippen LogP) is 1.47. The highest BCUT2D eigenvalue weighted by Gasteiger charge is 2.11. The second kappa shape index (κ2) is 6.19. The number of nitrogens with zero attached hydrogens (tertiary/aromatic N) is 2. The maximum atomic E-state index is 12.0. The number of rotatable bonds is 5. The molecule has 0 saturated carbocycles. The van der Waals surface area contributed by atoms with Crippen LogP contribution in [0.1, 0.15) is 16.2 Å². The van der Waals surface area contributed by atoms with Gasteiger partial charge < -0.3 is 15.6 Å². The first-order valence-electron chi connectivity index (χ1n) is 5.80. The van der Waals surface area contributed by atoms with Crippen molar-refractivity contribution >= 4 is 23.3 Å². The highest BCUT2D eigenvalue weighted by atomic mass is 35.5. The van der Waals surface area contributed by atoms with Crippen LogP contribution in [-0.2, 0) is 6.42 Å². The van der Waals surface area contributed by atoms with Crippen LogP contribution in [-0.4, -0.2) is 34.5 Å². The van der Waals surface area contributed by atoms with E-state index in [9.17, 15) is 4.79 Å². The first-order chi connectivity index (χ1) is 9.20. The van der Waals surface area contributed by atoms with E-state index in [0.717, 1.165) is 5.82 Å². The summed E-state index contributed by atoms with van der Waals surface area (Å²) in [4.78, 5) is 23.1. The smallest absolute Gasteiger partial charge is 0.253 e. The number of nitrogens with one attached hydrogen (secondary N) is 3. The highest BCUT2D eigenvalue weighted by molar-refractivity contribution is 6.33. The molecular formula is C12H14ClN5O. The van der Waals surface area contributed by atoms with E-state index in [1.165, 1.54) is 6.20 Å². The van der Waals surface area contributed by atoms with Crippen LogP contribution in [0.3, 0.4) is 0 Å². The molecule has 1 amide bonds. The molecule has 0 aliphatic heterocycles. The van der Waals surface area contributed by atoms with Gasteiger partial charge in [-0.2, -0.15) is 0 Å². The second-order valence-corrected chi connectivity index (χ2v) is 4.25. The molecule has 19 heavy (non-hydrogen) atoms. The highest BCUT2D eigenvalue weighted by Crippen LogP contribution is 2.17. The summed E-state index contributed by atoms with van der Waals surface area (Å²) in [6, 6.07) is 1.62. The van der Waals surface area contributed by atoms with E-state index < -0.39 is 0 Å². The molecule has 0 radical (unpaired) electrons. The Bertz CT molecular complexity index is 555. The lowest BCUT2D eigenvalue weighted by molar-refractivity contribution is 0.0954. The van der Waals surface area contributed by atoms with Gasteiger partial charge in [-0.1, -0.05) is 11.6 Å². The molecule has 0 fully saturated rings. The summed E-state index contributed by atoms with van der Waals surface area (Å²) in [6.07, 6.45) is 5.52. The van der Waals surface area contributed by atoms with E-state index in [1.54, 1.807) is 25.5 Å². The Morgan fingerprint density at radius 3 is 3.00 bits per heavy atom. The molecule has 3 N–H and O–H groups in total. The van der Waals surface area contributed by atoms with Gasteiger partial charge in [0.15, 0.2) is 0 Å². The number of amides is 1. The monoisotopic (exact) mass is 279 g/mol. The first kappa shape index (κ1) is 13.4. The molecule has 2 rings (SSSR count). The van der Waals surface area contributed by atoms with Crippen molar-refractivity contribution in [2.45, 2.75) is 6.42 Å². The molecule has 0 aliphatic carbocycles. The molecule has 2 heterocycles. The first-order valence-corrected chi connectivity index (χ1v) is 6.18. The van der Waals surface area contributed by atoms with Crippen LogP contribution < -0.4 is 10.6 Å². The third kappa shape index (κ3) is 3.45. The standard InChI is InChI=1S/C12H14ClN5O/c1-14-11-6-8(9(13)7-18-11)12(19)17-3-2-10-15-4-5-16-10/h4-7H,2-3H2,1H3,(H,14,18)(H,15,16)(H,17,19). The van der Waals surface area contributed by atoms with Crippen molar-refractivity contribution in [3.63, 3.8) is 0 Å². The SMILES string of the molecule is CNc1cc(C(=O)NCCc2ncc[nH]2)c(Cl)cn1. The fraction of sp³-hybridized carbons (Fsp3) is 0.250. The summed E-state index contributed by atoms with van der Waals surface area (Å²) in [5, 5.41) is 5.98. The lowest BCUT2D eigenvalue weighted by Gasteiger charge is -2.07. The zero-order chi connectivity index (χ0) is 13.7. The average Bonchev–Trinajstić information content (AvgIpc) is 2.92. The van der Waals surface area contributed by atoms with Gasteiger partial charge in [0.1, 0.15) is 11.6 Å². The number of H-pyrrole nitrogens is 1. The van der Waals surface area contributed by atoms with Gasteiger partial charge in [0.25, 0.3) is 5.91 Å². The van der Waals surface area contributed by atoms with Gasteiger partial charge in [-0.25, -0.2) is 9.97 Å². The Labute approximate surface area is 115 Å². The molecule has 0 aromatic carbocycles. The van der Waals surface area contributed by atoms with Crippen molar-refractivity contribution in [1.29, 1.82) is 0 Å². The third-order valence-corrected chi connectivity index (χ3v) is 2.86. The van der Waals surface area contributed by atoms with E-state index in [4.69, 9.17) is 11.6 Å².